The van der Waals surface area contributed by atoms with Gasteiger partial charge in [-0.2, -0.15) is 0 Å². The number of nitrogens with zero attached hydrogens (tertiary/aromatic N) is 1. The van der Waals surface area contributed by atoms with E-state index >= 15 is 0 Å². The predicted octanol–water partition coefficient (Wildman–Crippen LogP) is 3.12. The van der Waals surface area contributed by atoms with Crippen LogP contribution in [-0.2, 0) is 6.61 Å². The number of carbonyl (C=O) groups is 1. The van der Waals surface area contributed by atoms with Crippen LogP contribution in [0.2, 0.25) is 0 Å². The average molecular weight is 388 g/mol. The molecule has 122 valence electrons. The van der Waals surface area contributed by atoms with Crippen molar-refractivity contribution in [2.75, 3.05) is 5.32 Å². The molecule has 3 N–H and O–H groups in total. The van der Waals surface area contributed by atoms with Crippen molar-refractivity contribution in [1.29, 1.82) is 5.41 Å². The largest absolute Gasteiger partial charge is 0.436 e. The first-order valence-electron chi connectivity index (χ1n) is 7.14. The fraction of sp³-hybridized carbons (Fsp3) is 0.118. The van der Waals surface area contributed by atoms with Crippen LogP contribution in [0.3, 0.4) is 0 Å². The number of pyridine rings is 1. The van der Waals surface area contributed by atoms with Gasteiger partial charge in [0.2, 0.25) is 5.55 Å². The summed E-state index contributed by atoms with van der Waals surface area (Å²) >= 11 is 3.33. The number of hydrogen-bond acceptors (Lipinski definition) is 5. The van der Waals surface area contributed by atoms with Gasteiger partial charge in [-0.15, -0.1) is 0 Å². The van der Waals surface area contributed by atoms with Crippen LogP contribution in [0.4, 0.5) is 5.69 Å². The van der Waals surface area contributed by atoms with Gasteiger partial charge in [0.15, 0.2) is 5.58 Å². The SMILES string of the molecule is Cc1ncc(CO)c2cc(C(=O)Nc3ccc(Br)cc3)c(=N)oc12. The molecule has 0 saturated carbocycles. The van der Waals surface area contributed by atoms with E-state index in [1.54, 1.807) is 37.3 Å². The van der Waals surface area contributed by atoms with E-state index < -0.39 is 5.91 Å². The molecule has 0 aliphatic rings. The molecule has 0 unspecified atom stereocenters. The minimum atomic E-state index is -0.452. The highest BCUT2D eigenvalue weighted by molar-refractivity contribution is 9.10. The van der Waals surface area contributed by atoms with Gasteiger partial charge in [0.25, 0.3) is 5.91 Å². The number of nitrogens with one attached hydrogen (secondary N) is 2. The lowest BCUT2D eigenvalue weighted by molar-refractivity contribution is 0.102. The molecule has 2 heterocycles. The van der Waals surface area contributed by atoms with Crippen molar-refractivity contribution < 1.29 is 14.3 Å². The number of benzene rings is 1. The smallest absolute Gasteiger partial charge is 0.261 e. The first-order valence-corrected chi connectivity index (χ1v) is 7.93. The van der Waals surface area contributed by atoms with Crippen LogP contribution in [0.25, 0.3) is 11.0 Å². The van der Waals surface area contributed by atoms with Crippen molar-refractivity contribution in [2.24, 2.45) is 0 Å². The Labute approximate surface area is 145 Å². The third kappa shape index (κ3) is 3.08. The third-order valence-electron chi connectivity index (χ3n) is 3.59. The molecule has 0 bridgehead atoms. The van der Waals surface area contributed by atoms with E-state index in [4.69, 9.17) is 9.83 Å². The summed E-state index contributed by atoms with van der Waals surface area (Å²) in [6, 6.07) is 8.66. The maximum absolute atomic E-state index is 12.5. The van der Waals surface area contributed by atoms with E-state index in [0.29, 0.717) is 27.9 Å². The second-order valence-electron chi connectivity index (χ2n) is 5.22. The molecule has 0 aliphatic carbocycles. The second kappa shape index (κ2) is 6.54. The zero-order valence-electron chi connectivity index (χ0n) is 12.8. The van der Waals surface area contributed by atoms with Crippen molar-refractivity contribution in [2.45, 2.75) is 13.5 Å². The number of anilines is 1. The number of fused-ring (bicyclic) bond motifs is 1. The fourth-order valence-electron chi connectivity index (χ4n) is 2.32. The number of amides is 1. The topological polar surface area (TPSA) is 99.2 Å². The summed E-state index contributed by atoms with van der Waals surface area (Å²) in [4.78, 5) is 16.6. The van der Waals surface area contributed by atoms with Gasteiger partial charge in [0.05, 0.1) is 12.3 Å². The van der Waals surface area contributed by atoms with Gasteiger partial charge in [-0.05, 0) is 37.3 Å². The number of halogens is 1. The lowest BCUT2D eigenvalue weighted by Crippen LogP contribution is -2.21. The molecule has 0 fully saturated rings. The van der Waals surface area contributed by atoms with Crippen molar-refractivity contribution >= 4 is 38.5 Å². The summed E-state index contributed by atoms with van der Waals surface area (Å²) < 4.78 is 6.37. The van der Waals surface area contributed by atoms with Crippen LogP contribution < -0.4 is 10.9 Å². The summed E-state index contributed by atoms with van der Waals surface area (Å²) in [6.07, 6.45) is 1.53. The number of carbonyl (C=O) groups excluding carboxylic acids is 1. The number of aliphatic hydroxyl groups excluding tert-OH is 1. The molecule has 0 aliphatic heterocycles. The Bertz CT molecular complexity index is 981. The van der Waals surface area contributed by atoms with Crippen molar-refractivity contribution in [3.05, 3.63) is 63.4 Å². The van der Waals surface area contributed by atoms with Gasteiger partial charge in [-0.3, -0.25) is 15.2 Å². The van der Waals surface area contributed by atoms with Gasteiger partial charge in [-0.25, -0.2) is 0 Å². The molecule has 1 aromatic carbocycles. The van der Waals surface area contributed by atoms with Crippen LogP contribution in [0.15, 0.2) is 45.4 Å². The van der Waals surface area contributed by atoms with E-state index in [1.807, 2.05) is 0 Å². The highest BCUT2D eigenvalue weighted by atomic mass is 79.9. The lowest BCUT2D eigenvalue weighted by Gasteiger charge is -2.09. The maximum Gasteiger partial charge on any atom is 0.261 e. The highest BCUT2D eigenvalue weighted by Gasteiger charge is 2.15. The molecule has 0 radical (unpaired) electrons. The van der Waals surface area contributed by atoms with Crippen LogP contribution in [0.1, 0.15) is 21.6 Å². The van der Waals surface area contributed by atoms with Crippen molar-refractivity contribution in [1.82, 2.24) is 4.98 Å². The quantitative estimate of drug-likeness (QED) is 0.642. The molecule has 0 atom stereocenters. The van der Waals surface area contributed by atoms with Gasteiger partial charge in [0, 0.05) is 27.3 Å². The Morgan fingerprint density at radius 3 is 2.75 bits per heavy atom. The molecule has 1 amide bonds. The van der Waals surface area contributed by atoms with Crippen LogP contribution in [-0.4, -0.2) is 16.0 Å². The summed E-state index contributed by atoms with van der Waals surface area (Å²) in [5.41, 5.74) is 1.97. The summed E-state index contributed by atoms with van der Waals surface area (Å²) in [5, 5.41) is 20.7. The van der Waals surface area contributed by atoms with Gasteiger partial charge >= 0.3 is 0 Å². The molecule has 3 aromatic rings. The summed E-state index contributed by atoms with van der Waals surface area (Å²) in [7, 11) is 0. The normalized spacial score (nSPS) is 10.8. The lowest BCUT2D eigenvalue weighted by atomic mass is 10.1. The molecule has 3 rings (SSSR count). The van der Waals surface area contributed by atoms with Crippen molar-refractivity contribution in [3.8, 4) is 0 Å². The second-order valence-corrected chi connectivity index (χ2v) is 6.14. The Morgan fingerprint density at radius 2 is 2.08 bits per heavy atom. The zero-order valence-corrected chi connectivity index (χ0v) is 14.3. The molecule has 0 saturated heterocycles. The van der Waals surface area contributed by atoms with E-state index in [-0.39, 0.29) is 17.7 Å². The van der Waals surface area contributed by atoms with E-state index in [0.717, 1.165) is 4.47 Å². The number of aliphatic hydroxyl groups is 1. The third-order valence-corrected chi connectivity index (χ3v) is 4.12. The molecule has 2 aromatic heterocycles. The molecule has 24 heavy (non-hydrogen) atoms. The average Bonchev–Trinajstić information content (AvgIpc) is 2.57. The summed E-state index contributed by atoms with van der Waals surface area (Å²) in [6.45, 7) is 1.51. The maximum atomic E-state index is 12.5. The number of hydrogen-bond donors (Lipinski definition) is 3. The monoisotopic (exact) mass is 387 g/mol. The number of aromatic nitrogens is 1. The molecule has 0 spiro atoms. The molecule has 7 heteroatoms. The first kappa shape index (κ1) is 16.4. The Hall–Kier alpha value is -2.51. The van der Waals surface area contributed by atoms with Crippen LogP contribution >= 0.6 is 15.9 Å². The highest BCUT2D eigenvalue weighted by Crippen LogP contribution is 2.21. The van der Waals surface area contributed by atoms with Crippen molar-refractivity contribution in [3.63, 3.8) is 0 Å². The predicted molar refractivity (Wildman–Crippen MR) is 92.6 cm³/mol. The molecular weight excluding hydrogens is 374 g/mol. The Balaban J connectivity index is 2.05. The van der Waals surface area contributed by atoms with Crippen LogP contribution in [0.5, 0.6) is 0 Å². The first-order chi connectivity index (χ1) is 11.5. The minimum absolute atomic E-state index is 0.0886. The summed E-state index contributed by atoms with van der Waals surface area (Å²) in [5.74, 6) is -0.452. The number of rotatable bonds is 3. The van der Waals surface area contributed by atoms with Gasteiger partial charge in [-0.1, -0.05) is 15.9 Å². The van der Waals surface area contributed by atoms with E-state index in [1.165, 1.54) is 6.20 Å². The van der Waals surface area contributed by atoms with Gasteiger partial charge in [0.1, 0.15) is 5.56 Å². The zero-order chi connectivity index (χ0) is 17.3. The Kier molecular flexibility index (Phi) is 4.46. The van der Waals surface area contributed by atoms with Gasteiger partial charge < -0.3 is 14.8 Å². The Morgan fingerprint density at radius 1 is 1.38 bits per heavy atom. The number of aryl methyl sites for hydroxylation is 1. The van der Waals surface area contributed by atoms with Crippen LogP contribution in [0, 0.1) is 12.3 Å². The fourth-order valence-corrected chi connectivity index (χ4v) is 2.59. The minimum Gasteiger partial charge on any atom is -0.436 e. The van der Waals surface area contributed by atoms with E-state index in [9.17, 15) is 9.90 Å². The molecule has 6 nitrogen and oxygen atoms in total. The van der Waals surface area contributed by atoms with E-state index in [2.05, 4.69) is 26.2 Å². The standard InChI is InChI=1S/C17H14BrN3O3/c1-9-15-13(10(8-22)7-20-9)6-14(16(19)24-15)17(23)21-12-4-2-11(18)3-5-12/h2-7,19,22H,8H2,1H3,(H,21,23). The molecular formula is C17H14BrN3O3.